The lowest BCUT2D eigenvalue weighted by atomic mass is 10.1. The third-order valence-electron chi connectivity index (χ3n) is 2.02. The molecule has 4 nitrogen and oxygen atoms in total. The Morgan fingerprint density at radius 3 is 2.64 bits per heavy atom. The molecule has 0 unspecified atom stereocenters. The molecular weight excluding hydrogens is 178 g/mol. The third-order valence-corrected chi connectivity index (χ3v) is 2.02. The summed E-state index contributed by atoms with van der Waals surface area (Å²) in [5, 5.41) is 12.9. The minimum Gasteiger partial charge on any atom is -0.390 e. The number of hydrogen-bond acceptors (Lipinski definition) is 3. The Morgan fingerprint density at radius 1 is 1.29 bits per heavy atom. The second-order valence-electron chi connectivity index (χ2n) is 3.10. The molecule has 0 spiro atoms. The summed E-state index contributed by atoms with van der Waals surface area (Å²) in [7, 11) is 1.87. The van der Waals surface area contributed by atoms with Crippen LogP contribution in [0.4, 0.5) is 0 Å². The number of aryl methyl sites for hydroxylation is 1. The molecule has 2 heterocycles. The van der Waals surface area contributed by atoms with E-state index in [9.17, 15) is 0 Å². The number of aromatic nitrogens is 3. The van der Waals surface area contributed by atoms with Gasteiger partial charge >= 0.3 is 0 Å². The summed E-state index contributed by atoms with van der Waals surface area (Å²) in [6.07, 6.45) is 5.45. The van der Waals surface area contributed by atoms with Crippen LogP contribution in [-0.4, -0.2) is 19.9 Å². The summed E-state index contributed by atoms with van der Waals surface area (Å²) in [5.41, 5.74) is 2.72. The molecule has 0 atom stereocenters. The van der Waals surface area contributed by atoms with Gasteiger partial charge in [0.1, 0.15) is 0 Å². The van der Waals surface area contributed by atoms with Crippen molar-refractivity contribution in [3.8, 4) is 11.1 Å². The van der Waals surface area contributed by atoms with Gasteiger partial charge < -0.3 is 5.11 Å². The van der Waals surface area contributed by atoms with Gasteiger partial charge in [-0.3, -0.25) is 9.67 Å². The van der Waals surface area contributed by atoms with E-state index in [1.165, 1.54) is 0 Å². The maximum Gasteiger partial charge on any atom is 0.0852 e. The van der Waals surface area contributed by atoms with E-state index < -0.39 is 0 Å². The second-order valence-corrected chi connectivity index (χ2v) is 3.10. The van der Waals surface area contributed by atoms with Gasteiger partial charge in [0.05, 0.1) is 18.5 Å². The Bertz CT molecular complexity index is 419. The van der Waals surface area contributed by atoms with Crippen LogP contribution in [0.5, 0.6) is 0 Å². The summed E-state index contributed by atoms with van der Waals surface area (Å²) in [6, 6.07) is 3.73. The monoisotopic (exact) mass is 189 g/mol. The number of hydrogen-bond donors (Lipinski definition) is 1. The van der Waals surface area contributed by atoms with Crippen LogP contribution in [0.1, 0.15) is 5.69 Å². The zero-order valence-corrected chi connectivity index (χ0v) is 7.88. The van der Waals surface area contributed by atoms with Crippen LogP contribution in [-0.2, 0) is 13.7 Å². The summed E-state index contributed by atoms with van der Waals surface area (Å²) in [5.74, 6) is 0. The Labute approximate surface area is 81.8 Å². The molecule has 0 saturated carbocycles. The standard InChI is InChI=1S/C10H11N3O/c1-13-6-9(5-12-13)8-2-3-10(7-14)11-4-8/h2-6,14H,7H2,1H3. The van der Waals surface area contributed by atoms with E-state index in [1.807, 2.05) is 25.4 Å². The van der Waals surface area contributed by atoms with Gasteiger partial charge in [-0.15, -0.1) is 0 Å². The van der Waals surface area contributed by atoms with Crippen molar-refractivity contribution < 1.29 is 5.11 Å². The predicted molar refractivity (Wildman–Crippen MR) is 52.4 cm³/mol. The second kappa shape index (κ2) is 3.59. The van der Waals surface area contributed by atoms with Crippen LogP contribution >= 0.6 is 0 Å². The normalized spacial score (nSPS) is 10.4. The average Bonchev–Trinajstić information content (AvgIpc) is 2.65. The zero-order chi connectivity index (χ0) is 9.97. The molecule has 0 radical (unpaired) electrons. The molecule has 2 rings (SSSR count). The Morgan fingerprint density at radius 2 is 2.14 bits per heavy atom. The van der Waals surface area contributed by atoms with Crippen LogP contribution in [0.25, 0.3) is 11.1 Å². The third kappa shape index (κ3) is 1.65. The molecule has 0 amide bonds. The number of aliphatic hydroxyl groups excluding tert-OH is 1. The van der Waals surface area contributed by atoms with Gasteiger partial charge in [0.25, 0.3) is 0 Å². The highest BCUT2D eigenvalue weighted by Gasteiger charge is 2.00. The van der Waals surface area contributed by atoms with Crippen LogP contribution in [0, 0.1) is 0 Å². The van der Waals surface area contributed by atoms with E-state index >= 15 is 0 Å². The molecule has 2 aromatic rings. The maximum absolute atomic E-state index is 8.82. The van der Waals surface area contributed by atoms with E-state index in [1.54, 1.807) is 17.1 Å². The van der Waals surface area contributed by atoms with Gasteiger partial charge in [-0.05, 0) is 6.07 Å². The molecule has 0 bridgehead atoms. The SMILES string of the molecule is Cn1cc(-c2ccc(CO)nc2)cn1. The molecule has 0 aromatic carbocycles. The van der Waals surface area contributed by atoms with Crippen LogP contribution in [0.2, 0.25) is 0 Å². The fourth-order valence-corrected chi connectivity index (χ4v) is 1.26. The fraction of sp³-hybridized carbons (Fsp3) is 0.200. The van der Waals surface area contributed by atoms with Crippen molar-refractivity contribution in [1.82, 2.24) is 14.8 Å². The van der Waals surface area contributed by atoms with Gasteiger partial charge in [0.2, 0.25) is 0 Å². The molecular formula is C10H11N3O. The van der Waals surface area contributed by atoms with Crippen molar-refractivity contribution in [3.63, 3.8) is 0 Å². The highest BCUT2D eigenvalue weighted by Crippen LogP contribution is 2.16. The van der Waals surface area contributed by atoms with Crippen LogP contribution in [0.15, 0.2) is 30.7 Å². The smallest absolute Gasteiger partial charge is 0.0852 e. The molecule has 0 fully saturated rings. The first-order chi connectivity index (χ1) is 6.79. The van der Waals surface area contributed by atoms with E-state index in [4.69, 9.17) is 5.11 Å². The van der Waals surface area contributed by atoms with Gasteiger partial charge in [-0.2, -0.15) is 5.10 Å². The largest absolute Gasteiger partial charge is 0.390 e. The molecule has 0 aliphatic carbocycles. The molecule has 1 N–H and O–H groups in total. The summed E-state index contributed by atoms with van der Waals surface area (Å²) < 4.78 is 1.75. The highest BCUT2D eigenvalue weighted by atomic mass is 16.3. The van der Waals surface area contributed by atoms with Gasteiger partial charge in [-0.1, -0.05) is 6.07 Å². The lowest BCUT2D eigenvalue weighted by Crippen LogP contribution is -1.88. The van der Waals surface area contributed by atoms with Crippen LogP contribution < -0.4 is 0 Å². The fourth-order valence-electron chi connectivity index (χ4n) is 1.26. The molecule has 0 aliphatic heterocycles. The first kappa shape index (κ1) is 8.90. The summed E-state index contributed by atoms with van der Waals surface area (Å²) in [4.78, 5) is 4.10. The lowest BCUT2D eigenvalue weighted by molar-refractivity contribution is 0.277. The van der Waals surface area contributed by atoms with Gasteiger partial charge in [0.15, 0.2) is 0 Å². The summed E-state index contributed by atoms with van der Waals surface area (Å²) >= 11 is 0. The Hall–Kier alpha value is -1.68. The van der Waals surface area contributed by atoms with Crippen molar-refractivity contribution in [2.45, 2.75) is 6.61 Å². The lowest BCUT2D eigenvalue weighted by Gasteiger charge is -1.97. The first-order valence-electron chi connectivity index (χ1n) is 4.34. The van der Waals surface area contributed by atoms with E-state index in [0.717, 1.165) is 11.1 Å². The maximum atomic E-state index is 8.82. The van der Waals surface area contributed by atoms with Crippen molar-refractivity contribution in [3.05, 3.63) is 36.4 Å². The Kier molecular flexibility index (Phi) is 2.28. The molecule has 0 saturated heterocycles. The van der Waals surface area contributed by atoms with E-state index in [2.05, 4.69) is 10.1 Å². The van der Waals surface area contributed by atoms with Crippen LogP contribution in [0.3, 0.4) is 0 Å². The van der Waals surface area contributed by atoms with E-state index in [-0.39, 0.29) is 6.61 Å². The topological polar surface area (TPSA) is 50.9 Å². The highest BCUT2D eigenvalue weighted by molar-refractivity contribution is 5.60. The Balaban J connectivity index is 2.33. The molecule has 14 heavy (non-hydrogen) atoms. The van der Waals surface area contributed by atoms with E-state index in [0.29, 0.717) is 5.69 Å². The number of nitrogens with zero attached hydrogens (tertiary/aromatic N) is 3. The molecule has 2 aromatic heterocycles. The minimum absolute atomic E-state index is 0.0205. The van der Waals surface area contributed by atoms with Crippen molar-refractivity contribution in [2.24, 2.45) is 7.05 Å². The molecule has 72 valence electrons. The van der Waals surface area contributed by atoms with Gasteiger partial charge in [-0.25, -0.2) is 0 Å². The predicted octanol–water partition coefficient (Wildman–Crippen LogP) is 0.974. The van der Waals surface area contributed by atoms with Gasteiger partial charge in [0, 0.05) is 30.6 Å². The van der Waals surface area contributed by atoms with Crippen molar-refractivity contribution in [2.75, 3.05) is 0 Å². The first-order valence-corrected chi connectivity index (χ1v) is 4.34. The number of aliphatic hydroxyl groups is 1. The number of pyridine rings is 1. The molecule has 4 heteroatoms. The number of rotatable bonds is 2. The minimum atomic E-state index is -0.0205. The summed E-state index contributed by atoms with van der Waals surface area (Å²) in [6.45, 7) is -0.0205. The molecule has 0 aliphatic rings. The van der Waals surface area contributed by atoms with Crippen molar-refractivity contribution >= 4 is 0 Å². The quantitative estimate of drug-likeness (QED) is 0.766. The van der Waals surface area contributed by atoms with Crippen molar-refractivity contribution in [1.29, 1.82) is 0 Å². The zero-order valence-electron chi connectivity index (χ0n) is 7.88. The average molecular weight is 189 g/mol.